The molecule has 7 nitrogen and oxygen atoms in total. The lowest BCUT2D eigenvalue weighted by atomic mass is 10.0. The molecule has 0 radical (unpaired) electrons. The number of ether oxygens (including phenoxy) is 2. The molecule has 4 rings (SSSR count). The molecule has 3 heterocycles. The van der Waals surface area contributed by atoms with Crippen LogP contribution in [0.15, 0.2) is 18.2 Å². The highest BCUT2D eigenvalue weighted by atomic mass is 32.2. The van der Waals surface area contributed by atoms with Crippen LogP contribution in [0.1, 0.15) is 24.2 Å². The molecule has 2 atom stereocenters. The van der Waals surface area contributed by atoms with Gasteiger partial charge in [0.2, 0.25) is 6.79 Å². The summed E-state index contributed by atoms with van der Waals surface area (Å²) in [6.07, 6.45) is 0. The van der Waals surface area contributed by atoms with Crippen LogP contribution in [0, 0.1) is 5.92 Å². The number of piperazine rings is 1. The zero-order chi connectivity index (χ0) is 18.5. The quantitative estimate of drug-likeness (QED) is 0.779. The van der Waals surface area contributed by atoms with E-state index in [0.29, 0.717) is 36.1 Å². The maximum absolute atomic E-state index is 13.1. The molecule has 1 aromatic rings. The fourth-order valence-electron chi connectivity index (χ4n) is 4.17. The van der Waals surface area contributed by atoms with Gasteiger partial charge in [0.05, 0.1) is 17.5 Å². The summed E-state index contributed by atoms with van der Waals surface area (Å²) in [5.41, 5.74) is 0.509. The fourth-order valence-corrected chi connectivity index (χ4v) is 6.18. The monoisotopic (exact) mass is 380 g/mol. The van der Waals surface area contributed by atoms with Crippen molar-refractivity contribution in [2.24, 2.45) is 5.92 Å². The van der Waals surface area contributed by atoms with Gasteiger partial charge < -0.3 is 14.4 Å². The van der Waals surface area contributed by atoms with Gasteiger partial charge in [0.15, 0.2) is 21.3 Å². The molecule has 0 aliphatic carbocycles. The number of amides is 1. The van der Waals surface area contributed by atoms with Gasteiger partial charge in [0.25, 0.3) is 5.91 Å². The van der Waals surface area contributed by atoms with Gasteiger partial charge in [-0.2, -0.15) is 0 Å². The average Bonchev–Trinajstić information content (AvgIpc) is 3.16. The predicted octanol–water partition coefficient (Wildman–Crippen LogP) is 0.995. The molecule has 2 fully saturated rings. The topological polar surface area (TPSA) is 76.2 Å². The summed E-state index contributed by atoms with van der Waals surface area (Å²) in [7, 11) is -3.14. The van der Waals surface area contributed by atoms with E-state index in [0.717, 1.165) is 6.54 Å². The van der Waals surface area contributed by atoms with Crippen molar-refractivity contribution in [1.29, 1.82) is 0 Å². The van der Waals surface area contributed by atoms with Crippen LogP contribution in [0.4, 0.5) is 0 Å². The van der Waals surface area contributed by atoms with E-state index in [9.17, 15) is 13.2 Å². The van der Waals surface area contributed by atoms with Crippen molar-refractivity contribution in [3.8, 4) is 11.5 Å². The molecule has 0 saturated carbocycles. The number of nitrogens with zero attached hydrogens (tertiary/aromatic N) is 2. The third kappa shape index (κ3) is 3.16. The number of rotatable bonds is 3. The Morgan fingerprint density at radius 1 is 1.15 bits per heavy atom. The minimum Gasteiger partial charge on any atom is -0.454 e. The van der Waals surface area contributed by atoms with Gasteiger partial charge in [0, 0.05) is 31.2 Å². The lowest BCUT2D eigenvalue weighted by Crippen LogP contribution is -2.61. The predicted molar refractivity (Wildman–Crippen MR) is 96.2 cm³/mol. The first-order valence-corrected chi connectivity index (χ1v) is 10.8. The van der Waals surface area contributed by atoms with E-state index in [-0.39, 0.29) is 36.3 Å². The van der Waals surface area contributed by atoms with Crippen LogP contribution in [-0.2, 0) is 9.84 Å². The SMILES string of the molecule is CC(C)CN1CCN(C(=O)c2ccc3c(c2)OCO3)C2CS(=O)(=O)CC21. The molecular formula is C18H24N2O5S. The highest BCUT2D eigenvalue weighted by molar-refractivity contribution is 7.91. The Morgan fingerprint density at radius 2 is 1.88 bits per heavy atom. The van der Waals surface area contributed by atoms with E-state index in [1.165, 1.54) is 0 Å². The maximum atomic E-state index is 13.1. The van der Waals surface area contributed by atoms with Crippen LogP contribution in [0.3, 0.4) is 0 Å². The van der Waals surface area contributed by atoms with Crippen LogP contribution >= 0.6 is 0 Å². The van der Waals surface area contributed by atoms with Crippen LogP contribution in [0.2, 0.25) is 0 Å². The Balaban J connectivity index is 1.59. The van der Waals surface area contributed by atoms with Crippen LogP contribution in [0.5, 0.6) is 11.5 Å². The second kappa shape index (κ2) is 6.42. The molecule has 0 aromatic heterocycles. The van der Waals surface area contributed by atoms with Gasteiger partial charge in [-0.15, -0.1) is 0 Å². The van der Waals surface area contributed by atoms with Crippen molar-refractivity contribution in [2.45, 2.75) is 25.9 Å². The number of sulfone groups is 1. The molecule has 2 saturated heterocycles. The van der Waals surface area contributed by atoms with Crippen molar-refractivity contribution < 1.29 is 22.7 Å². The fraction of sp³-hybridized carbons (Fsp3) is 0.611. The molecular weight excluding hydrogens is 356 g/mol. The number of benzene rings is 1. The van der Waals surface area contributed by atoms with Gasteiger partial charge in [-0.3, -0.25) is 9.69 Å². The number of hydrogen-bond acceptors (Lipinski definition) is 6. The van der Waals surface area contributed by atoms with Crippen LogP contribution in [0.25, 0.3) is 0 Å². The minimum atomic E-state index is -3.14. The first-order chi connectivity index (χ1) is 12.3. The lowest BCUT2D eigenvalue weighted by Gasteiger charge is -2.44. The molecule has 0 spiro atoms. The molecule has 1 amide bonds. The highest BCUT2D eigenvalue weighted by Gasteiger charge is 2.48. The first kappa shape index (κ1) is 17.6. The summed E-state index contributed by atoms with van der Waals surface area (Å²) < 4.78 is 35.2. The number of carbonyl (C=O) groups excluding carboxylic acids is 1. The third-order valence-corrected chi connectivity index (χ3v) is 6.97. The standard InChI is InChI=1S/C18H24N2O5S/c1-12(2)8-19-5-6-20(15-10-26(22,23)9-14(15)19)18(21)13-3-4-16-17(7-13)25-11-24-16/h3-4,7,12,14-15H,5-6,8-11H2,1-2H3. The van der Waals surface area contributed by atoms with E-state index in [4.69, 9.17) is 9.47 Å². The van der Waals surface area contributed by atoms with E-state index in [1.807, 2.05) is 0 Å². The second-order valence-electron chi connectivity index (χ2n) is 7.67. The van der Waals surface area contributed by atoms with Gasteiger partial charge in [-0.05, 0) is 24.1 Å². The normalized spacial score (nSPS) is 27.0. The van der Waals surface area contributed by atoms with Gasteiger partial charge in [-0.1, -0.05) is 13.8 Å². The van der Waals surface area contributed by atoms with E-state index in [1.54, 1.807) is 23.1 Å². The summed E-state index contributed by atoms with van der Waals surface area (Å²) >= 11 is 0. The molecule has 26 heavy (non-hydrogen) atoms. The molecule has 2 unspecified atom stereocenters. The summed E-state index contributed by atoms with van der Waals surface area (Å²) in [5, 5.41) is 0. The average molecular weight is 380 g/mol. The molecule has 0 N–H and O–H groups in total. The lowest BCUT2D eigenvalue weighted by molar-refractivity contribution is 0.0297. The third-order valence-electron chi connectivity index (χ3n) is 5.27. The smallest absolute Gasteiger partial charge is 0.254 e. The zero-order valence-corrected chi connectivity index (χ0v) is 15.9. The highest BCUT2D eigenvalue weighted by Crippen LogP contribution is 2.34. The van der Waals surface area contributed by atoms with E-state index >= 15 is 0 Å². The Kier molecular flexibility index (Phi) is 4.35. The van der Waals surface area contributed by atoms with Crippen molar-refractivity contribution in [1.82, 2.24) is 9.80 Å². The van der Waals surface area contributed by atoms with E-state index < -0.39 is 9.84 Å². The van der Waals surface area contributed by atoms with Crippen molar-refractivity contribution in [3.05, 3.63) is 23.8 Å². The Hall–Kier alpha value is -1.80. The summed E-state index contributed by atoms with van der Waals surface area (Å²) in [6.45, 7) is 6.50. The molecule has 1 aromatic carbocycles. The summed E-state index contributed by atoms with van der Waals surface area (Å²) in [5.74, 6) is 1.68. The van der Waals surface area contributed by atoms with Crippen LogP contribution < -0.4 is 9.47 Å². The van der Waals surface area contributed by atoms with E-state index in [2.05, 4.69) is 18.7 Å². The Morgan fingerprint density at radius 3 is 2.65 bits per heavy atom. The number of fused-ring (bicyclic) bond motifs is 2. The Labute approximate surface area is 153 Å². The molecule has 142 valence electrons. The van der Waals surface area contributed by atoms with Crippen LogP contribution in [-0.4, -0.2) is 74.1 Å². The maximum Gasteiger partial charge on any atom is 0.254 e. The molecule has 0 bridgehead atoms. The molecule has 8 heteroatoms. The van der Waals surface area contributed by atoms with Crippen molar-refractivity contribution in [3.63, 3.8) is 0 Å². The zero-order valence-electron chi connectivity index (χ0n) is 15.1. The number of hydrogen-bond donors (Lipinski definition) is 0. The minimum absolute atomic E-state index is 0.0442. The second-order valence-corrected chi connectivity index (χ2v) is 9.82. The van der Waals surface area contributed by atoms with Crippen molar-refractivity contribution >= 4 is 15.7 Å². The number of carbonyl (C=O) groups is 1. The summed E-state index contributed by atoms with van der Waals surface area (Å²) in [6, 6.07) is 4.73. The van der Waals surface area contributed by atoms with Crippen molar-refractivity contribution in [2.75, 3.05) is 37.9 Å². The van der Waals surface area contributed by atoms with Gasteiger partial charge >= 0.3 is 0 Å². The largest absolute Gasteiger partial charge is 0.454 e. The molecule has 3 aliphatic heterocycles. The molecule has 3 aliphatic rings. The van der Waals surface area contributed by atoms with Gasteiger partial charge in [0.1, 0.15) is 0 Å². The summed E-state index contributed by atoms with van der Waals surface area (Å²) in [4.78, 5) is 17.1. The van der Waals surface area contributed by atoms with Gasteiger partial charge in [-0.25, -0.2) is 8.42 Å². The first-order valence-electron chi connectivity index (χ1n) is 8.99. The Bertz CT molecular complexity index is 823.